The second-order valence-electron chi connectivity index (χ2n) is 5.17. The number of hydrogen-bond acceptors (Lipinski definition) is 4. The quantitative estimate of drug-likeness (QED) is 0.699. The molecule has 126 valence electrons. The molecule has 6 heteroatoms. The molecule has 3 aromatic rings. The van der Waals surface area contributed by atoms with Gasteiger partial charge in [0.1, 0.15) is 10.8 Å². The minimum Gasteiger partial charge on any atom is -0.484 e. The van der Waals surface area contributed by atoms with Gasteiger partial charge in [0.05, 0.1) is 5.56 Å². The topological polar surface area (TPSA) is 75.6 Å². The van der Waals surface area contributed by atoms with Crippen molar-refractivity contribution in [1.29, 1.82) is 0 Å². The van der Waals surface area contributed by atoms with Crippen LogP contribution in [0.5, 0.6) is 5.75 Å². The summed E-state index contributed by atoms with van der Waals surface area (Å²) < 4.78 is 5.38. The molecule has 1 amide bonds. The summed E-state index contributed by atoms with van der Waals surface area (Å²) in [6.45, 7) is -0.193. The van der Waals surface area contributed by atoms with Crippen LogP contribution in [0, 0.1) is 0 Å². The number of anilines is 1. The number of carboxylic acids is 1. The fourth-order valence-electron chi connectivity index (χ4n) is 2.22. The molecule has 0 spiro atoms. The van der Waals surface area contributed by atoms with Gasteiger partial charge in [0.25, 0.3) is 5.91 Å². The number of benzene rings is 2. The van der Waals surface area contributed by atoms with E-state index in [1.54, 1.807) is 30.3 Å². The molecule has 0 saturated carbocycles. The lowest BCUT2D eigenvalue weighted by atomic mass is 10.1. The van der Waals surface area contributed by atoms with E-state index < -0.39 is 11.9 Å². The van der Waals surface area contributed by atoms with E-state index in [9.17, 15) is 14.7 Å². The van der Waals surface area contributed by atoms with E-state index in [0.717, 1.165) is 10.4 Å². The molecule has 2 N–H and O–H groups in total. The largest absolute Gasteiger partial charge is 0.484 e. The van der Waals surface area contributed by atoms with E-state index >= 15 is 0 Å². The van der Waals surface area contributed by atoms with Crippen LogP contribution in [0.15, 0.2) is 66.7 Å². The van der Waals surface area contributed by atoms with Crippen LogP contribution in [0.2, 0.25) is 0 Å². The van der Waals surface area contributed by atoms with E-state index in [1.165, 1.54) is 11.3 Å². The molecule has 3 rings (SSSR count). The fourth-order valence-corrected chi connectivity index (χ4v) is 3.29. The summed E-state index contributed by atoms with van der Waals surface area (Å²) in [6, 6.07) is 19.9. The molecule has 1 aromatic heterocycles. The van der Waals surface area contributed by atoms with Crippen LogP contribution < -0.4 is 10.1 Å². The van der Waals surface area contributed by atoms with E-state index in [0.29, 0.717) is 10.8 Å². The predicted molar refractivity (Wildman–Crippen MR) is 97.3 cm³/mol. The molecule has 0 aliphatic carbocycles. The number of aromatic carboxylic acids is 1. The summed E-state index contributed by atoms with van der Waals surface area (Å²) >= 11 is 1.22. The molecule has 0 aliphatic heterocycles. The van der Waals surface area contributed by atoms with Gasteiger partial charge in [-0.25, -0.2) is 4.79 Å². The molecule has 0 saturated heterocycles. The van der Waals surface area contributed by atoms with Crippen molar-refractivity contribution in [1.82, 2.24) is 0 Å². The number of carbonyl (C=O) groups excluding carboxylic acids is 1. The van der Waals surface area contributed by atoms with Crippen molar-refractivity contribution in [3.63, 3.8) is 0 Å². The maximum absolute atomic E-state index is 12.1. The molecule has 0 fully saturated rings. The fraction of sp³-hybridized carbons (Fsp3) is 0.0526. The Morgan fingerprint density at radius 1 is 1.00 bits per heavy atom. The van der Waals surface area contributed by atoms with E-state index in [4.69, 9.17) is 4.74 Å². The summed E-state index contributed by atoms with van der Waals surface area (Å²) in [5.41, 5.74) is 0.966. The van der Waals surface area contributed by atoms with Crippen molar-refractivity contribution in [3.05, 3.63) is 72.3 Å². The highest BCUT2D eigenvalue weighted by atomic mass is 32.1. The van der Waals surface area contributed by atoms with Crippen molar-refractivity contribution in [2.45, 2.75) is 0 Å². The maximum atomic E-state index is 12.1. The average molecular weight is 353 g/mol. The summed E-state index contributed by atoms with van der Waals surface area (Å²) in [4.78, 5) is 24.3. The normalized spacial score (nSPS) is 10.2. The molecule has 0 aliphatic rings. The highest BCUT2D eigenvalue weighted by Crippen LogP contribution is 2.35. The van der Waals surface area contributed by atoms with Crippen LogP contribution in [-0.2, 0) is 4.79 Å². The minimum absolute atomic E-state index is 0.0666. The highest BCUT2D eigenvalue weighted by Gasteiger charge is 2.18. The maximum Gasteiger partial charge on any atom is 0.338 e. The van der Waals surface area contributed by atoms with E-state index in [-0.39, 0.29) is 12.2 Å². The Hall–Kier alpha value is -3.12. The van der Waals surface area contributed by atoms with Gasteiger partial charge in [-0.15, -0.1) is 11.3 Å². The average Bonchev–Trinajstić information content (AvgIpc) is 3.06. The molecule has 5 nitrogen and oxygen atoms in total. The Bertz CT molecular complexity index is 875. The van der Waals surface area contributed by atoms with Crippen LogP contribution in [0.4, 0.5) is 5.00 Å². The van der Waals surface area contributed by atoms with Gasteiger partial charge in [0.15, 0.2) is 6.61 Å². The van der Waals surface area contributed by atoms with Gasteiger partial charge in [0.2, 0.25) is 0 Å². The van der Waals surface area contributed by atoms with Crippen LogP contribution in [0.1, 0.15) is 10.4 Å². The lowest BCUT2D eigenvalue weighted by Gasteiger charge is -2.06. The smallest absolute Gasteiger partial charge is 0.338 e. The lowest BCUT2D eigenvalue weighted by Crippen LogP contribution is -2.20. The predicted octanol–water partition coefficient (Wildman–Crippen LogP) is 4.13. The molecule has 0 atom stereocenters. The Morgan fingerprint density at radius 2 is 1.64 bits per heavy atom. The number of nitrogens with one attached hydrogen (secondary N) is 1. The Morgan fingerprint density at radius 3 is 2.28 bits per heavy atom. The standard InChI is InChI=1S/C19H15NO4S/c21-17(12-24-14-9-5-2-6-10-14)20-18-15(19(22)23)11-16(25-18)13-7-3-1-4-8-13/h1-11H,12H2,(H,20,21)(H,22,23). The first-order chi connectivity index (χ1) is 12.1. The van der Waals surface area contributed by atoms with Crippen LogP contribution in [0.25, 0.3) is 10.4 Å². The van der Waals surface area contributed by atoms with Gasteiger partial charge < -0.3 is 15.2 Å². The van der Waals surface area contributed by atoms with Crippen molar-refractivity contribution < 1.29 is 19.4 Å². The van der Waals surface area contributed by atoms with Crippen molar-refractivity contribution in [3.8, 4) is 16.2 Å². The molecule has 0 bridgehead atoms. The number of hydrogen-bond donors (Lipinski definition) is 2. The third-order valence-electron chi connectivity index (χ3n) is 3.39. The molecular weight excluding hydrogens is 338 g/mol. The minimum atomic E-state index is -1.09. The Balaban J connectivity index is 1.73. The number of rotatable bonds is 6. The number of amides is 1. The summed E-state index contributed by atoms with van der Waals surface area (Å²) in [7, 11) is 0. The number of thiophene rings is 1. The van der Waals surface area contributed by atoms with Crippen molar-refractivity contribution in [2.75, 3.05) is 11.9 Å². The van der Waals surface area contributed by atoms with Crippen molar-refractivity contribution >= 4 is 28.2 Å². The zero-order valence-electron chi connectivity index (χ0n) is 13.1. The third kappa shape index (κ3) is 4.24. The summed E-state index contributed by atoms with van der Waals surface area (Å²) in [5.74, 6) is -0.919. The van der Waals surface area contributed by atoms with Gasteiger partial charge in [-0.2, -0.15) is 0 Å². The van der Waals surface area contributed by atoms with Gasteiger partial charge in [-0.1, -0.05) is 48.5 Å². The summed E-state index contributed by atoms with van der Waals surface area (Å²) in [5, 5.41) is 12.3. The number of ether oxygens (including phenoxy) is 1. The number of carbonyl (C=O) groups is 2. The monoisotopic (exact) mass is 353 g/mol. The molecule has 25 heavy (non-hydrogen) atoms. The van der Waals surface area contributed by atoms with Gasteiger partial charge in [0, 0.05) is 4.88 Å². The second-order valence-corrected chi connectivity index (χ2v) is 6.23. The first kappa shape index (κ1) is 16.7. The third-order valence-corrected chi connectivity index (χ3v) is 4.49. The molecule has 0 radical (unpaired) electrons. The second kappa shape index (κ2) is 7.63. The van der Waals surface area contributed by atoms with E-state index in [1.807, 2.05) is 36.4 Å². The van der Waals surface area contributed by atoms with Crippen LogP contribution in [0.3, 0.4) is 0 Å². The Labute approximate surface area is 148 Å². The molecule has 2 aromatic carbocycles. The first-order valence-electron chi connectivity index (χ1n) is 7.54. The number of para-hydroxylation sites is 1. The lowest BCUT2D eigenvalue weighted by molar-refractivity contribution is -0.118. The van der Waals surface area contributed by atoms with Crippen LogP contribution >= 0.6 is 11.3 Å². The SMILES string of the molecule is O=C(COc1ccccc1)Nc1sc(-c2ccccc2)cc1C(=O)O. The summed E-state index contributed by atoms with van der Waals surface area (Å²) in [6.07, 6.45) is 0. The van der Waals surface area contributed by atoms with Crippen molar-refractivity contribution in [2.24, 2.45) is 0 Å². The zero-order chi connectivity index (χ0) is 17.6. The zero-order valence-corrected chi connectivity index (χ0v) is 14.0. The first-order valence-corrected chi connectivity index (χ1v) is 8.35. The molecular formula is C19H15NO4S. The highest BCUT2D eigenvalue weighted by molar-refractivity contribution is 7.20. The molecule has 1 heterocycles. The number of carboxylic acid groups (broad SMARTS) is 1. The molecule has 0 unspecified atom stereocenters. The Kier molecular flexibility index (Phi) is 5.11. The van der Waals surface area contributed by atoms with Gasteiger partial charge in [-0.05, 0) is 23.8 Å². The van der Waals surface area contributed by atoms with Crippen LogP contribution in [-0.4, -0.2) is 23.6 Å². The van der Waals surface area contributed by atoms with E-state index in [2.05, 4.69) is 5.32 Å². The van der Waals surface area contributed by atoms with Gasteiger partial charge >= 0.3 is 5.97 Å². The van der Waals surface area contributed by atoms with Gasteiger partial charge in [-0.3, -0.25) is 4.79 Å².